The van der Waals surface area contributed by atoms with E-state index in [0.29, 0.717) is 27.7 Å². The Balaban J connectivity index is 1.42. The summed E-state index contributed by atoms with van der Waals surface area (Å²) in [5.74, 6) is -0.103. The minimum atomic E-state index is -0.569. The maximum absolute atomic E-state index is 12.3. The molecule has 0 radical (unpaired) electrons. The first kappa shape index (κ1) is 20.5. The standard InChI is InChI=1S/C21H13ClN4O4S/c22-14-6-9-18-17(11-14)24-20(30-18)12-4-7-15(8-5-12)23-21(31)25-19(27)13-2-1-3-16(10-13)26(28)29/h1-11H,(H2,23,25,27,31). The van der Waals surface area contributed by atoms with Gasteiger partial charge >= 0.3 is 0 Å². The third kappa shape index (κ3) is 4.68. The highest BCUT2D eigenvalue weighted by molar-refractivity contribution is 7.80. The zero-order valence-electron chi connectivity index (χ0n) is 15.7. The molecule has 0 aliphatic carbocycles. The van der Waals surface area contributed by atoms with E-state index in [9.17, 15) is 14.9 Å². The number of nitrogens with zero attached hydrogens (tertiary/aromatic N) is 2. The van der Waals surface area contributed by atoms with Crippen molar-refractivity contribution < 1.29 is 14.1 Å². The van der Waals surface area contributed by atoms with Crippen molar-refractivity contribution in [2.24, 2.45) is 0 Å². The number of carbonyl (C=O) groups is 1. The maximum atomic E-state index is 12.3. The zero-order chi connectivity index (χ0) is 22.0. The Hall–Kier alpha value is -3.82. The van der Waals surface area contributed by atoms with Gasteiger partial charge in [-0.2, -0.15) is 0 Å². The minimum Gasteiger partial charge on any atom is -0.436 e. The van der Waals surface area contributed by atoms with Crippen LogP contribution in [0.25, 0.3) is 22.6 Å². The highest BCUT2D eigenvalue weighted by Gasteiger charge is 2.13. The van der Waals surface area contributed by atoms with Crippen LogP contribution in [0.2, 0.25) is 5.02 Å². The number of hydrogen-bond acceptors (Lipinski definition) is 6. The number of halogens is 1. The molecule has 0 saturated heterocycles. The van der Waals surface area contributed by atoms with Crippen LogP contribution in [0.5, 0.6) is 0 Å². The molecular formula is C21H13ClN4O4S. The number of aromatic nitrogens is 1. The third-order valence-electron chi connectivity index (χ3n) is 4.29. The van der Waals surface area contributed by atoms with Gasteiger partial charge in [0.05, 0.1) is 4.92 Å². The van der Waals surface area contributed by atoms with Crippen LogP contribution in [0.3, 0.4) is 0 Å². The molecule has 2 N–H and O–H groups in total. The molecule has 0 aliphatic heterocycles. The normalized spacial score (nSPS) is 10.6. The Kier molecular flexibility index (Phi) is 5.61. The molecule has 0 atom stereocenters. The predicted octanol–water partition coefficient (Wildman–Crippen LogP) is 5.18. The highest BCUT2D eigenvalue weighted by atomic mass is 35.5. The van der Waals surface area contributed by atoms with E-state index in [-0.39, 0.29) is 16.4 Å². The van der Waals surface area contributed by atoms with Gasteiger partial charge in [-0.05, 0) is 60.7 Å². The summed E-state index contributed by atoms with van der Waals surface area (Å²) >= 11 is 11.1. The van der Waals surface area contributed by atoms with Crippen LogP contribution in [0.15, 0.2) is 71.1 Å². The van der Waals surface area contributed by atoms with E-state index in [4.69, 9.17) is 28.2 Å². The van der Waals surface area contributed by atoms with Crippen LogP contribution in [-0.2, 0) is 0 Å². The molecule has 0 saturated carbocycles. The van der Waals surface area contributed by atoms with Crippen molar-refractivity contribution in [1.29, 1.82) is 0 Å². The molecule has 0 unspecified atom stereocenters. The van der Waals surface area contributed by atoms with Crippen LogP contribution in [0, 0.1) is 10.1 Å². The summed E-state index contributed by atoms with van der Waals surface area (Å²) in [6, 6.07) is 17.7. The maximum Gasteiger partial charge on any atom is 0.270 e. The summed E-state index contributed by atoms with van der Waals surface area (Å²) in [4.78, 5) is 27.0. The summed E-state index contributed by atoms with van der Waals surface area (Å²) in [6.45, 7) is 0. The largest absolute Gasteiger partial charge is 0.436 e. The van der Waals surface area contributed by atoms with Gasteiger partial charge in [-0.25, -0.2) is 4.98 Å². The van der Waals surface area contributed by atoms with E-state index in [1.165, 1.54) is 24.3 Å². The second-order valence-electron chi connectivity index (χ2n) is 6.42. The van der Waals surface area contributed by atoms with Crippen molar-refractivity contribution >= 4 is 57.3 Å². The molecule has 0 fully saturated rings. The van der Waals surface area contributed by atoms with E-state index in [1.54, 1.807) is 42.5 Å². The number of nitrogens with one attached hydrogen (secondary N) is 2. The van der Waals surface area contributed by atoms with Crippen molar-refractivity contribution in [2.45, 2.75) is 0 Å². The molecule has 31 heavy (non-hydrogen) atoms. The summed E-state index contributed by atoms with van der Waals surface area (Å²) in [6.07, 6.45) is 0. The van der Waals surface area contributed by atoms with Crippen molar-refractivity contribution in [2.75, 3.05) is 5.32 Å². The molecule has 154 valence electrons. The highest BCUT2D eigenvalue weighted by Crippen LogP contribution is 2.27. The van der Waals surface area contributed by atoms with Gasteiger partial charge in [0, 0.05) is 34.0 Å². The van der Waals surface area contributed by atoms with Gasteiger partial charge in [0.15, 0.2) is 10.7 Å². The van der Waals surface area contributed by atoms with Gasteiger partial charge in [-0.15, -0.1) is 0 Å². The lowest BCUT2D eigenvalue weighted by Gasteiger charge is -2.10. The average Bonchev–Trinajstić information content (AvgIpc) is 3.17. The first-order valence-corrected chi connectivity index (χ1v) is 9.71. The fourth-order valence-electron chi connectivity index (χ4n) is 2.82. The predicted molar refractivity (Wildman–Crippen MR) is 121 cm³/mol. The zero-order valence-corrected chi connectivity index (χ0v) is 17.2. The topological polar surface area (TPSA) is 110 Å². The number of oxazole rings is 1. The first-order valence-electron chi connectivity index (χ1n) is 8.92. The van der Waals surface area contributed by atoms with Crippen molar-refractivity contribution in [3.63, 3.8) is 0 Å². The molecule has 4 rings (SSSR count). The lowest BCUT2D eigenvalue weighted by atomic mass is 10.2. The summed E-state index contributed by atoms with van der Waals surface area (Å²) in [5, 5.41) is 16.9. The van der Waals surface area contributed by atoms with E-state index in [0.717, 1.165) is 5.56 Å². The molecular weight excluding hydrogens is 440 g/mol. The summed E-state index contributed by atoms with van der Waals surface area (Å²) in [7, 11) is 0. The molecule has 1 aromatic heterocycles. The number of carbonyl (C=O) groups excluding carboxylic acids is 1. The Bertz CT molecular complexity index is 1320. The number of amides is 1. The average molecular weight is 453 g/mol. The molecule has 0 spiro atoms. The van der Waals surface area contributed by atoms with Crippen molar-refractivity contribution in [3.8, 4) is 11.5 Å². The summed E-state index contributed by atoms with van der Waals surface area (Å²) < 4.78 is 5.74. The van der Waals surface area contributed by atoms with E-state index in [1.807, 2.05) is 0 Å². The van der Waals surface area contributed by atoms with Crippen LogP contribution < -0.4 is 10.6 Å². The SMILES string of the molecule is O=C(NC(=S)Nc1ccc(-c2nc3cc(Cl)ccc3o2)cc1)c1cccc([N+](=O)[O-])c1. The van der Waals surface area contributed by atoms with Crippen LogP contribution in [-0.4, -0.2) is 20.9 Å². The van der Waals surface area contributed by atoms with E-state index < -0.39 is 10.8 Å². The fraction of sp³-hybridized carbons (Fsp3) is 0. The molecule has 8 nitrogen and oxygen atoms in total. The number of nitro benzene ring substituents is 1. The minimum absolute atomic E-state index is 0.0563. The number of nitro groups is 1. The number of fused-ring (bicyclic) bond motifs is 1. The molecule has 4 aromatic rings. The van der Waals surface area contributed by atoms with Gasteiger partial charge in [0.25, 0.3) is 11.6 Å². The number of rotatable bonds is 4. The first-order chi connectivity index (χ1) is 14.9. The smallest absolute Gasteiger partial charge is 0.270 e. The van der Waals surface area contributed by atoms with Gasteiger partial charge in [-0.3, -0.25) is 20.2 Å². The van der Waals surface area contributed by atoms with Crippen molar-refractivity contribution in [3.05, 3.63) is 87.4 Å². The van der Waals surface area contributed by atoms with Crippen LogP contribution >= 0.6 is 23.8 Å². The number of anilines is 1. The second kappa shape index (κ2) is 8.50. The van der Waals surface area contributed by atoms with E-state index >= 15 is 0 Å². The lowest BCUT2D eigenvalue weighted by molar-refractivity contribution is -0.384. The summed E-state index contributed by atoms with van der Waals surface area (Å²) in [5.41, 5.74) is 2.63. The van der Waals surface area contributed by atoms with Crippen LogP contribution in [0.4, 0.5) is 11.4 Å². The van der Waals surface area contributed by atoms with Gasteiger partial charge in [0.2, 0.25) is 5.89 Å². The Morgan fingerprint density at radius 2 is 1.87 bits per heavy atom. The van der Waals surface area contributed by atoms with Gasteiger partial charge in [0.1, 0.15) is 5.52 Å². The number of hydrogen-bond donors (Lipinski definition) is 2. The molecule has 10 heteroatoms. The monoisotopic (exact) mass is 452 g/mol. The Morgan fingerprint density at radius 1 is 1.10 bits per heavy atom. The van der Waals surface area contributed by atoms with Gasteiger partial charge in [-0.1, -0.05) is 17.7 Å². The molecule has 0 aliphatic rings. The van der Waals surface area contributed by atoms with Crippen LogP contribution in [0.1, 0.15) is 10.4 Å². The fourth-order valence-corrected chi connectivity index (χ4v) is 3.20. The molecule has 1 amide bonds. The lowest BCUT2D eigenvalue weighted by Crippen LogP contribution is -2.34. The van der Waals surface area contributed by atoms with Crippen molar-refractivity contribution in [1.82, 2.24) is 10.3 Å². The Labute approximate surface area is 186 Å². The van der Waals surface area contributed by atoms with E-state index in [2.05, 4.69) is 15.6 Å². The quantitative estimate of drug-likeness (QED) is 0.249. The molecule has 0 bridgehead atoms. The molecule has 3 aromatic carbocycles. The third-order valence-corrected chi connectivity index (χ3v) is 4.72. The number of thiocarbonyl (C=S) groups is 1. The molecule has 1 heterocycles. The number of non-ortho nitro benzene ring substituents is 1. The number of benzene rings is 3. The Morgan fingerprint density at radius 3 is 2.61 bits per heavy atom. The van der Waals surface area contributed by atoms with Gasteiger partial charge < -0.3 is 9.73 Å². The second-order valence-corrected chi connectivity index (χ2v) is 7.27.